The number of anilines is 3. The summed E-state index contributed by atoms with van der Waals surface area (Å²) in [6.07, 6.45) is 9.51. The Morgan fingerprint density at radius 3 is 2.60 bits per heavy atom. The Labute approximate surface area is 207 Å². The highest BCUT2D eigenvalue weighted by molar-refractivity contribution is 5.85. The van der Waals surface area contributed by atoms with Crippen LogP contribution in [0.2, 0.25) is 0 Å². The van der Waals surface area contributed by atoms with Crippen LogP contribution in [-0.4, -0.2) is 49.7 Å². The molecule has 35 heavy (non-hydrogen) atoms. The zero-order valence-electron chi connectivity index (χ0n) is 21.4. The first kappa shape index (κ1) is 23.6. The molecule has 1 aliphatic heterocycles. The summed E-state index contributed by atoms with van der Waals surface area (Å²) in [5.41, 5.74) is 4.51. The van der Waals surface area contributed by atoms with E-state index in [1.54, 1.807) is 0 Å². The molecule has 5 rings (SSSR count). The molecule has 1 amide bonds. The second kappa shape index (κ2) is 9.47. The van der Waals surface area contributed by atoms with Crippen molar-refractivity contribution in [1.29, 1.82) is 0 Å². The first-order valence-corrected chi connectivity index (χ1v) is 12.9. The number of fused-ring (bicyclic) bond motifs is 1. The highest BCUT2D eigenvalue weighted by Crippen LogP contribution is 2.45. The quantitative estimate of drug-likeness (QED) is 0.534. The minimum absolute atomic E-state index is 0.300. The van der Waals surface area contributed by atoms with E-state index in [2.05, 4.69) is 45.5 Å². The molecule has 1 spiro atoms. The van der Waals surface area contributed by atoms with Gasteiger partial charge in [0, 0.05) is 61.1 Å². The lowest BCUT2D eigenvalue weighted by Crippen LogP contribution is -2.45. The molecule has 186 valence electrons. The fourth-order valence-electron chi connectivity index (χ4n) is 5.71. The molecule has 3 heterocycles. The minimum Gasteiger partial charge on any atom is -0.367 e. The van der Waals surface area contributed by atoms with Gasteiger partial charge in [-0.1, -0.05) is 6.92 Å². The number of benzene rings is 1. The number of hydrogen-bond donors (Lipinski definition) is 2. The fraction of sp³-hybridized carbons (Fsp3) is 0.556. The van der Waals surface area contributed by atoms with Gasteiger partial charge in [-0.15, -0.1) is 0 Å². The summed E-state index contributed by atoms with van der Waals surface area (Å²) in [5.74, 6) is 1.79. The highest BCUT2D eigenvalue weighted by atomic mass is 16.2. The van der Waals surface area contributed by atoms with E-state index in [1.165, 1.54) is 12.8 Å². The predicted molar refractivity (Wildman–Crippen MR) is 140 cm³/mol. The maximum absolute atomic E-state index is 12.0. The summed E-state index contributed by atoms with van der Waals surface area (Å²) in [6, 6.07) is 6.60. The van der Waals surface area contributed by atoms with E-state index in [4.69, 9.17) is 4.98 Å². The van der Waals surface area contributed by atoms with E-state index >= 15 is 0 Å². The Kier molecular flexibility index (Phi) is 6.38. The molecule has 1 saturated carbocycles. The van der Waals surface area contributed by atoms with Gasteiger partial charge < -0.3 is 15.5 Å². The summed E-state index contributed by atoms with van der Waals surface area (Å²) >= 11 is 0. The zero-order chi connectivity index (χ0) is 24.6. The number of aryl methyl sites for hydroxylation is 3. The second-order valence-electron chi connectivity index (χ2n) is 10.4. The van der Waals surface area contributed by atoms with Crippen molar-refractivity contribution in [3.8, 4) is 0 Å². The topological polar surface area (TPSA) is 88.0 Å². The van der Waals surface area contributed by atoms with Gasteiger partial charge in [-0.05, 0) is 76.0 Å². The van der Waals surface area contributed by atoms with Crippen LogP contribution in [-0.2, 0) is 11.8 Å². The number of rotatable bonds is 5. The van der Waals surface area contributed by atoms with Crippen LogP contribution in [0.15, 0.2) is 24.4 Å². The zero-order valence-corrected chi connectivity index (χ0v) is 21.4. The van der Waals surface area contributed by atoms with Crippen molar-refractivity contribution >= 4 is 34.3 Å². The molecule has 2 aromatic heterocycles. The number of hydrogen-bond acceptors (Lipinski definition) is 6. The van der Waals surface area contributed by atoms with Crippen LogP contribution in [0, 0.1) is 19.3 Å². The molecular weight excluding hydrogens is 438 g/mol. The Balaban J connectivity index is 1.21. The molecule has 1 aromatic carbocycles. The predicted octanol–water partition coefficient (Wildman–Crippen LogP) is 5.10. The molecule has 1 saturated heterocycles. The molecule has 8 nitrogen and oxygen atoms in total. The summed E-state index contributed by atoms with van der Waals surface area (Å²) in [6.45, 7) is 7.94. The molecular formula is C27H37N7O. The van der Waals surface area contributed by atoms with Gasteiger partial charge in [-0.3, -0.25) is 9.48 Å². The lowest BCUT2D eigenvalue weighted by Gasteiger charge is -2.46. The van der Waals surface area contributed by atoms with Crippen LogP contribution in [0.25, 0.3) is 10.9 Å². The van der Waals surface area contributed by atoms with Gasteiger partial charge in [-0.25, -0.2) is 4.98 Å². The molecule has 2 fully saturated rings. The van der Waals surface area contributed by atoms with Crippen LogP contribution in [0.4, 0.5) is 17.5 Å². The van der Waals surface area contributed by atoms with Crippen LogP contribution >= 0.6 is 0 Å². The van der Waals surface area contributed by atoms with Crippen molar-refractivity contribution in [3.63, 3.8) is 0 Å². The molecule has 1 aliphatic carbocycles. The van der Waals surface area contributed by atoms with Gasteiger partial charge in [0.25, 0.3) is 0 Å². The van der Waals surface area contributed by atoms with Crippen molar-refractivity contribution in [3.05, 3.63) is 35.7 Å². The Hall–Kier alpha value is -3.16. The fourth-order valence-corrected chi connectivity index (χ4v) is 5.71. The molecule has 0 atom stereocenters. The van der Waals surface area contributed by atoms with Crippen molar-refractivity contribution in [2.24, 2.45) is 12.5 Å². The number of amides is 1. The minimum atomic E-state index is 0.300. The molecule has 3 aromatic rings. The van der Waals surface area contributed by atoms with Gasteiger partial charge in [0.05, 0.1) is 5.52 Å². The SMILES string of the molecule is CCC(=O)N1CCC2(CCC(Nc3nc(Nc4ccc5c(C)n(C)nc5c4)ncc3C)CC2)CC1. The van der Waals surface area contributed by atoms with Crippen LogP contribution in [0.1, 0.15) is 63.1 Å². The molecule has 2 N–H and O–H groups in total. The van der Waals surface area contributed by atoms with Crippen molar-refractivity contribution in [1.82, 2.24) is 24.6 Å². The lowest BCUT2D eigenvalue weighted by molar-refractivity contribution is -0.133. The maximum atomic E-state index is 12.0. The third kappa shape index (κ3) is 4.83. The first-order valence-electron chi connectivity index (χ1n) is 12.9. The number of carbonyl (C=O) groups excluding carboxylic acids is 1. The number of likely N-dealkylation sites (tertiary alicyclic amines) is 1. The average Bonchev–Trinajstić information content (AvgIpc) is 3.15. The molecule has 2 aliphatic rings. The Bertz CT molecular complexity index is 1220. The Morgan fingerprint density at radius 2 is 1.89 bits per heavy atom. The standard InChI is InChI=1S/C27H37N7O/c1-5-24(35)34-14-12-27(13-15-34)10-8-20(9-11-27)29-25-18(2)17-28-26(31-25)30-21-6-7-22-19(3)33(4)32-23(22)16-21/h6-7,16-17,20H,5,8-15H2,1-4H3,(H2,28,29,30,31). The third-order valence-corrected chi connectivity index (χ3v) is 8.22. The number of piperidine rings is 1. The summed E-state index contributed by atoms with van der Waals surface area (Å²) in [4.78, 5) is 23.4. The molecule has 0 unspecified atom stereocenters. The normalized spacial score (nSPS) is 18.2. The third-order valence-electron chi connectivity index (χ3n) is 8.22. The summed E-state index contributed by atoms with van der Waals surface area (Å²) < 4.78 is 1.90. The van der Waals surface area contributed by atoms with Gasteiger partial charge >= 0.3 is 0 Å². The second-order valence-corrected chi connectivity index (χ2v) is 10.4. The van der Waals surface area contributed by atoms with Crippen molar-refractivity contribution in [2.45, 2.75) is 71.8 Å². The molecule has 8 heteroatoms. The van der Waals surface area contributed by atoms with Crippen molar-refractivity contribution < 1.29 is 4.79 Å². The largest absolute Gasteiger partial charge is 0.367 e. The summed E-state index contributed by atoms with van der Waals surface area (Å²) in [7, 11) is 1.97. The highest BCUT2D eigenvalue weighted by Gasteiger charge is 2.38. The monoisotopic (exact) mass is 475 g/mol. The van der Waals surface area contributed by atoms with E-state index in [0.29, 0.717) is 29.7 Å². The number of carbonyl (C=O) groups is 1. The average molecular weight is 476 g/mol. The van der Waals surface area contributed by atoms with Crippen LogP contribution < -0.4 is 10.6 Å². The van der Waals surface area contributed by atoms with Gasteiger partial charge in [0.15, 0.2) is 0 Å². The van der Waals surface area contributed by atoms with Crippen LogP contribution in [0.5, 0.6) is 0 Å². The smallest absolute Gasteiger partial charge is 0.229 e. The van der Waals surface area contributed by atoms with E-state index in [1.807, 2.05) is 37.0 Å². The van der Waals surface area contributed by atoms with E-state index in [9.17, 15) is 4.79 Å². The Morgan fingerprint density at radius 1 is 1.14 bits per heavy atom. The number of nitrogens with one attached hydrogen (secondary N) is 2. The van der Waals surface area contributed by atoms with E-state index in [-0.39, 0.29) is 0 Å². The molecule has 0 bridgehead atoms. The van der Waals surface area contributed by atoms with Gasteiger partial charge in [0.1, 0.15) is 5.82 Å². The number of aromatic nitrogens is 4. The van der Waals surface area contributed by atoms with E-state index < -0.39 is 0 Å². The first-order chi connectivity index (χ1) is 16.9. The molecule has 0 radical (unpaired) electrons. The van der Waals surface area contributed by atoms with E-state index in [0.717, 1.165) is 72.4 Å². The number of nitrogens with zero attached hydrogens (tertiary/aromatic N) is 5. The van der Waals surface area contributed by atoms with Crippen LogP contribution in [0.3, 0.4) is 0 Å². The lowest BCUT2D eigenvalue weighted by atomic mass is 9.67. The van der Waals surface area contributed by atoms with Gasteiger partial charge in [0.2, 0.25) is 11.9 Å². The maximum Gasteiger partial charge on any atom is 0.229 e. The van der Waals surface area contributed by atoms with Crippen molar-refractivity contribution in [2.75, 3.05) is 23.7 Å². The van der Waals surface area contributed by atoms with Gasteiger partial charge in [-0.2, -0.15) is 10.1 Å². The summed E-state index contributed by atoms with van der Waals surface area (Å²) in [5, 5.41) is 12.8.